The Morgan fingerprint density at radius 2 is 1.56 bits per heavy atom. The van der Waals surface area contributed by atoms with Crippen LogP contribution < -0.4 is 4.74 Å². The molecular weight excluding hydrogens is 328 g/mol. The molecule has 4 rings (SSSR count). The predicted molar refractivity (Wildman–Crippen MR) is 102 cm³/mol. The lowest BCUT2D eigenvalue weighted by atomic mass is 10.2. The van der Waals surface area contributed by atoms with E-state index in [1.54, 1.807) is 18.1 Å². The molecule has 4 aromatic rings. The minimum absolute atomic E-state index is 0.826. The van der Waals surface area contributed by atoms with Gasteiger partial charge in [0, 0.05) is 11.1 Å². The van der Waals surface area contributed by atoms with Crippen molar-refractivity contribution in [1.29, 1.82) is 0 Å². The first kappa shape index (κ1) is 15.7. The zero-order valence-electron chi connectivity index (χ0n) is 13.5. The average Bonchev–Trinajstić information content (AvgIpc) is 2.67. The fraction of sp³-hybridized carbons (Fsp3) is 0.0476. The van der Waals surface area contributed by atoms with Gasteiger partial charge >= 0.3 is 0 Å². The molecule has 0 spiro atoms. The van der Waals surface area contributed by atoms with Gasteiger partial charge < -0.3 is 4.74 Å². The van der Waals surface area contributed by atoms with Gasteiger partial charge in [-0.15, -0.1) is 11.8 Å². The predicted octanol–water partition coefficient (Wildman–Crippen LogP) is 5.71. The van der Waals surface area contributed by atoms with Gasteiger partial charge in [0.15, 0.2) is 0 Å². The first-order chi connectivity index (χ1) is 12.4. The van der Waals surface area contributed by atoms with Crippen LogP contribution in [0, 0.1) is 0 Å². The molecule has 0 aliphatic heterocycles. The van der Waals surface area contributed by atoms with E-state index in [1.165, 1.54) is 5.56 Å². The number of aromatic nitrogens is 2. The Hall–Kier alpha value is -2.85. The van der Waals surface area contributed by atoms with Gasteiger partial charge in [-0.3, -0.25) is 0 Å². The van der Waals surface area contributed by atoms with E-state index in [0.29, 0.717) is 0 Å². The van der Waals surface area contributed by atoms with Gasteiger partial charge in [0.2, 0.25) is 0 Å². The highest BCUT2D eigenvalue weighted by Gasteiger charge is 2.05. The van der Waals surface area contributed by atoms with Crippen LogP contribution in [0.15, 0.2) is 90.2 Å². The van der Waals surface area contributed by atoms with E-state index in [-0.39, 0.29) is 0 Å². The smallest absolute Gasteiger partial charge is 0.127 e. The summed E-state index contributed by atoms with van der Waals surface area (Å²) >= 11 is 1.71. The molecule has 3 nitrogen and oxygen atoms in total. The topological polar surface area (TPSA) is 35.0 Å². The summed E-state index contributed by atoms with van der Waals surface area (Å²) in [5.41, 5.74) is 2.17. The molecule has 0 N–H and O–H groups in total. The quantitative estimate of drug-likeness (QED) is 0.343. The third kappa shape index (κ3) is 3.80. The largest absolute Gasteiger partial charge is 0.457 e. The number of benzene rings is 3. The second-order valence-electron chi connectivity index (χ2n) is 5.55. The summed E-state index contributed by atoms with van der Waals surface area (Å²) in [4.78, 5) is 8.75. The Morgan fingerprint density at radius 3 is 2.48 bits per heavy atom. The zero-order valence-corrected chi connectivity index (χ0v) is 14.3. The number of hydrogen-bond acceptors (Lipinski definition) is 4. The molecule has 0 unspecified atom stereocenters. The van der Waals surface area contributed by atoms with Crippen LogP contribution in [0.4, 0.5) is 0 Å². The van der Waals surface area contributed by atoms with Gasteiger partial charge in [-0.05, 0) is 35.9 Å². The standard InChI is InChI=1S/C21H16N2OS/c1-2-8-17(9-3-1)24-18-10-6-7-16(13-18)14-25-21-19-11-4-5-12-20(19)22-15-23-21/h1-13,15H,14H2. The van der Waals surface area contributed by atoms with Crippen molar-refractivity contribution in [3.8, 4) is 11.5 Å². The van der Waals surface area contributed by atoms with E-state index >= 15 is 0 Å². The second kappa shape index (κ2) is 7.36. The van der Waals surface area contributed by atoms with E-state index in [9.17, 15) is 0 Å². The zero-order chi connectivity index (χ0) is 16.9. The van der Waals surface area contributed by atoms with Gasteiger partial charge in [-0.1, -0.05) is 48.5 Å². The number of fused-ring (bicyclic) bond motifs is 1. The van der Waals surface area contributed by atoms with Crippen LogP contribution in [0.25, 0.3) is 10.9 Å². The summed E-state index contributed by atoms with van der Waals surface area (Å²) in [6.45, 7) is 0. The molecule has 0 radical (unpaired) electrons. The van der Waals surface area contributed by atoms with Crippen molar-refractivity contribution < 1.29 is 4.74 Å². The van der Waals surface area contributed by atoms with Gasteiger partial charge in [0.1, 0.15) is 22.9 Å². The maximum absolute atomic E-state index is 5.91. The van der Waals surface area contributed by atoms with Crippen LogP contribution in [0.1, 0.15) is 5.56 Å². The first-order valence-corrected chi connectivity index (χ1v) is 9.01. The van der Waals surface area contributed by atoms with Crippen molar-refractivity contribution in [3.05, 3.63) is 90.8 Å². The van der Waals surface area contributed by atoms with E-state index in [0.717, 1.165) is 33.2 Å². The summed E-state index contributed by atoms with van der Waals surface area (Å²) in [7, 11) is 0. The summed E-state index contributed by atoms with van der Waals surface area (Å²) in [5.74, 6) is 2.51. The van der Waals surface area contributed by atoms with E-state index in [1.807, 2.05) is 60.7 Å². The Bertz CT molecular complexity index is 984. The average molecular weight is 344 g/mol. The molecule has 0 amide bonds. The SMILES string of the molecule is c1ccc(Oc2cccc(CSc3ncnc4ccccc34)c2)cc1. The summed E-state index contributed by atoms with van der Waals surface area (Å²) in [6, 6.07) is 26.1. The molecule has 1 heterocycles. The summed E-state index contributed by atoms with van der Waals surface area (Å²) < 4.78 is 5.91. The monoisotopic (exact) mass is 344 g/mol. The highest BCUT2D eigenvalue weighted by molar-refractivity contribution is 7.98. The molecule has 0 saturated heterocycles. The van der Waals surface area contributed by atoms with Crippen molar-refractivity contribution in [2.24, 2.45) is 0 Å². The van der Waals surface area contributed by atoms with Crippen molar-refractivity contribution in [3.63, 3.8) is 0 Å². The van der Waals surface area contributed by atoms with Crippen molar-refractivity contribution in [1.82, 2.24) is 9.97 Å². The summed E-state index contributed by atoms with van der Waals surface area (Å²) in [5, 5.41) is 2.09. The van der Waals surface area contributed by atoms with Gasteiger partial charge in [0.25, 0.3) is 0 Å². The lowest BCUT2D eigenvalue weighted by Crippen LogP contribution is -1.89. The molecule has 0 fully saturated rings. The van der Waals surface area contributed by atoms with Crippen LogP contribution >= 0.6 is 11.8 Å². The molecule has 4 heteroatoms. The van der Waals surface area contributed by atoms with Crippen LogP contribution in [0.3, 0.4) is 0 Å². The Labute approximate surface area is 150 Å². The lowest BCUT2D eigenvalue weighted by Gasteiger charge is -2.08. The molecule has 122 valence electrons. The van der Waals surface area contributed by atoms with Crippen LogP contribution in [-0.4, -0.2) is 9.97 Å². The normalized spacial score (nSPS) is 10.7. The number of nitrogens with zero attached hydrogens (tertiary/aromatic N) is 2. The van der Waals surface area contributed by atoms with Crippen molar-refractivity contribution >= 4 is 22.7 Å². The molecule has 0 saturated carbocycles. The maximum atomic E-state index is 5.91. The van der Waals surface area contributed by atoms with Gasteiger partial charge in [-0.25, -0.2) is 9.97 Å². The lowest BCUT2D eigenvalue weighted by molar-refractivity contribution is 0.482. The minimum atomic E-state index is 0.826. The molecule has 0 aliphatic rings. The number of hydrogen-bond donors (Lipinski definition) is 0. The fourth-order valence-electron chi connectivity index (χ4n) is 2.57. The van der Waals surface area contributed by atoms with Crippen LogP contribution in [0.5, 0.6) is 11.5 Å². The third-order valence-electron chi connectivity index (χ3n) is 3.76. The van der Waals surface area contributed by atoms with Crippen LogP contribution in [0.2, 0.25) is 0 Å². The highest BCUT2D eigenvalue weighted by Crippen LogP contribution is 2.29. The van der Waals surface area contributed by atoms with E-state index in [4.69, 9.17) is 4.74 Å². The Morgan fingerprint density at radius 1 is 0.760 bits per heavy atom. The molecule has 1 aromatic heterocycles. The second-order valence-corrected chi connectivity index (χ2v) is 6.51. The van der Waals surface area contributed by atoms with Crippen LogP contribution in [-0.2, 0) is 5.75 Å². The maximum Gasteiger partial charge on any atom is 0.127 e. The van der Waals surface area contributed by atoms with Crippen molar-refractivity contribution in [2.75, 3.05) is 0 Å². The molecule has 25 heavy (non-hydrogen) atoms. The minimum Gasteiger partial charge on any atom is -0.457 e. The Kier molecular flexibility index (Phi) is 4.61. The van der Waals surface area contributed by atoms with E-state index in [2.05, 4.69) is 28.2 Å². The molecule has 3 aromatic carbocycles. The van der Waals surface area contributed by atoms with Gasteiger partial charge in [0.05, 0.1) is 5.52 Å². The van der Waals surface area contributed by atoms with E-state index < -0.39 is 0 Å². The summed E-state index contributed by atoms with van der Waals surface area (Å²) in [6.07, 6.45) is 1.62. The number of thioether (sulfide) groups is 1. The number of rotatable bonds is 5. The highest BCUT2D eigenvalue weighted by atomic mass is 32.2. The molecule has 0 atom stereocenters. The third-order valence-corrected chi connectivity index (χ3v) is 4.84. The molecule has 0 bridgehead atoms. The van der Waals surface area contributed by atoms with Crippen molar-refractivity contribution in [2.45, 2.75) is 10.8 Å². The number of ether oxygens (including phenoxy) is 1. The number of para-hydroxylation sites is 2. The van der Waals surface area contributed by atoms with Gasteiger partial charge in [-0.2, -0.15) is 0 Å². The molecule has 0 aliphatic carbocycles. The fourth-order valence-corrected chi connectivity index (χ4v) is 3.50. The first-order valence-electron chi connectivity index (χ1n) is 8.03. The Balaban J connectivity index is 1.50. The molecular formula is C21H16N2OS.